The summed E-state index contributed by atoms with van der Waals surface area (Å²) in [6.45, 7) is 3.29. The third kappa shape index (κ3) is 4.07. The van der Waals surface area contributed by atoms with Gasteiger partial charge in [0.2, 0.25) is 0 Å². The molecule has 1 aliphatic rings. The number of hydrogen-bond donors (Lipinski definition) is 1. The summed E-state index contributed by atoms with van der Waals surface area (Å²) < 4.78 is 8.17. The number of methoxy groups -OCH3 is 1. The van der Waals surface area contributed by atoms with E-state index >= 15 is 0 Å². The first kappa shape index (κ1) is 16.5. The highest BCUT2D eigenvalue weighted by molar-refractivity contribution is 4.99. The zero-order chi connectivity index (χ0) is 15.1. The Morgan fingerprint density at radius 2 is 2.14 bits per heavy atom. The minimum atomic E-state index is 0.0264. The number of aromatic nitrogens is 2. The molecule has 0 aliphatic heterocycles. The van der Waals surface area contributed by atoms with E-state index in [4.69, 9.17) is 4.74 Å². The summed E-state index contributed by atoms with van der Waals surface area (Å²) in [7, 11) is 3.97. The van der Waals surface area contributed by atoms with Crippen LogP contribution in [0.1, 0.15) is 57.7 Å². The van der Waals surface area contributed by atoms with Gasteiger partial charge in [-0.2, -0.15) is 0 Å². The first-order chi connectivity index (χ1) is 10.2. The van der Waals surface area contributed by atoms with Crippen LogP contribution >= 0.6 is 0 Å². The summed E-state index contributed by atoms with van der Waals surface area (Å²) in [4.78, 5) is 4.46. The fraction of sp³-hybridized carbons (Fsp3) is 0.824. The van der Waals surface area contributed by atoms with Gasteiger partial charge in [-0.3, -0.25) is 0 Å². The third-order valence-corrected chi connectivity index (χ3v) is 4.96. The predicted molar refractivity (Wildman–Crippen MR) is 86.4 cm³/mol. The molecule has 0 aromatic carbocycles. The van der Waals surface area contributed by atoms with Crippen molar-refractivity contribution in [2.24, 2.45) is 7.05 Å². The van der Waals surface area contributed by atoms with Gasteiger partial charge < -0.3 is 14.6 Å². The number of nitrogens with zero attached hydrogens (tertiary/aromatic N) is 2. The molecule has 1 aromatic rings. The first-order valence-corrected chi connectivity index (χ1v) is 8.46. The lowest BCUT2D eigenvalue weighted by molar-refractivity contribution is -0.0692. The van der Waals surface area contributed by atoms with Crippen LogP contribution in [0.3, 0.4) is 0 Å². The second-order valence-electron chi connectivity index (χ2n) is 6.33. The molecule has 1 aliphatic carbocycles. The quantitative estimate of drug-likeness (QED) is 0.800. The Morgan fingerprint density at radius 1 is 1.38 bits per heavy atom. The zero-order valence-corrected chi connectivity index (χ0v) is 13.9. The molecule has 1 aromatic heterocycles. The van der Waals surface area contributed by atoms with Crippen LogP contribution in [0.2, 0.25) is 0 Å². The molecule has 4 nitrogen and oxygen atoms in total. The van der Waals surface area contributed by atoms with E-state index in [9.17, 15) is 0 Å². The van der Waals surface area contributed by atoms with Gasteiger partial charge in [-0.1, -0.05) is 26.2 Å². The van der Waals surface area contributed by atoms with Crippen LogP contribution in [0.25, 0.3) is 0 Å². The maximum atomic E-state index is 6.05. The van der Waals surface area contributed by atoms with Gasteiger partial charge in [-0.15, -0.1) is 0 Å². The number of imidazole rings is 1. The molecule has 4 heteroatoms. The summed E-state index contributed by atoms with van der Waals surface area (Å²) in [5, 5.41) is 3.75. The molecule has 0 radical (unpaired) electrons. The van der Waals surface area contributed by atoms with E-state index in [0.717, 1.165) is 19.4 Å². The largest absolute Gasteiger partial charge is 0.377 e. The smallest absolute Gasteiger partial charge is 0.108 e. The van der Waals surface area contributed by atoms with E-state index in [1.807, 2.05) is 19.5 Å². The van der Waals surface area contributed by atoms with Gasteiger partial charge in [0.05, 0.1) is 5.60 Å². The second kappa shape index (κ2) is 7.95. The zero-order valence-electron chi connectivity index (χ0n) is 13.9. The summed E-state index contributed by atoms with van der Waals surface area (Å²) in [6, 6.07) is 0.430. The number of hydrogen-bond acceptors (Lipinski definition) is 3. The normalized spacial score (nSPS) is 19.6. The van der Waals surface area contributed by atoms with E-state index in [0.29, 0.717) is 6.04 Å². The molecule has 0 spiro atoms. The Bertz CT molecular complexity index is 410. The van der Waals surface area contributed by atoms with E-state index < -0.39 is 0 Å². The van der Waals surface area contributed by atoms with Crippen molar-refractivity contribution in [3.63, 3.8) is 0 Å². The molecule has 1 fully saturated rings. The lowest BCUT2D eigenvalue weighted by atomic mass is 9.77. The van der Waals surface area contributed by atoms with E-state index in [-0.39, 0.29) is 5.60 Å². The number of ether oxygens (including phenoxy) is 1. The molecule has 2 rings (SSSR count). The Hall–Kier alpha value is -0.870. The maximum Gasteiger partial charge on any atom is 0.108 e. The van der Waals surface area contributed by atoms with Gasteiger partial charge >= 0.3 is 0 Å². The summed E-state index contributed by atoms with van der Waals surface area (Å²) >= 11 is 0. The standard InChI is InChI=1S/C17H31N3O/c1-4-12-18-15(8-9-16-19-13-14-20(16)2)17(21-3)10-6-5-7-11-17/h13-15,18H,4-12H2,1-3H3. The highest BCUT2D eigenvalue weighted by atomic mass is 16.5. The van der Waals surface area contributed by atoms with Crippen molar-refractivity contribution in [2.45, 2.75) is 69.9 Å². The topological polar surface area (TPSA) is 39.1 Å². The SMILES string of the molecule is CCCNC(CCc1nccn1C)C1(OC)CCCCC1. The van der Waals surface area contributed by atoms with E-state index in [2.05, 4.69) is 28.8 Å². The number of nitrogens with one attached hydrogen (secondary N) is 1. The van der Waals surface area contributed by atoms with Crippen molar-refractivity contribution in [3.05, 3.63) is 18.2 Å². The summed E-state index contributed by atoms with van der Waals surface area (Å²) in [6.07, 6.45) is 13.5. The Labute approximate surface area is 129 Å². The lowest BCUT2D eigenvalue weighted by Crippen LogP contribution is -2.53. The lowest BCUT2D eigenvalue weighted by Gasteiger charge is -2.43. The summed E-state index contributed by atoms with van der Waals surface area (Å²) in [5.74, 6) is 1.17. The minimum Gasteiger partial charge on any atom is -0.377 e. The van der Waals surface area contributed by atoms with Crippen LogP contribution in [0, 0.1) is 0 Å². The van der Waals surface area contributed by atoms with Crippen LogP contribution in [-0.2, 0) is 18.2 Å². The molecule has 1 heterocycles. The molecule has 21 heavy (non-hydrogen) atoms. The molecule has 0 saturated heterocycles. The number of aryl methyl sites for hydroxylation is 2. The third-order valence-electron chi connectivity index (χ3n) is 4.96. The molecule has 1 unspecified atom stereocenters. The van der Waals surface area contributed by atoms with Crippen LogP contribution in [0.15, 0.2) is 12.4 Å². The van der Waals surface area contributed by atoms with Crippen LogP contribution in [0.4, 0.5) is 0 Å². The fourth-order valence-electron chi connectivity index (χ4n) is 3.63. The Kier molecular flexibility index (Phi) is 6.24. The van der Waals surface area contributed by atoms with Crippen molar-refractivity contribution >= 4 is 0 Å². The second-order valence-corrected chi connectivity index (χ2v) is 6.33. The molecule has 1 saturated carbocycles. The molecular weight excluding hydrogens is 262 g/mol. The predicted octanol–water partition coefficient (Wildman–Crippen LogP) is 3.07. The van der Waals surface area contributed by atoms with Crippen LogP contribution in [-0.4, -0.2) is 34.8 Å². The van der Waals surface area contributed by atoms with Crippen molar-refractivity contribution in [2.75, 3.05) is 13.7 Å². The van der Waals surface area contributed by atoms with Gasteiger partial charge in [0, 0.05) is 39.0 Å². The van der Waals surface area contributed by atoms with Gasteiger partial charge in [0.1, 0.15) is 5.82 Å². The van der Waals surface area contributed by atoms with Gasteiger partial charge in [-0.25, -0.2) is 4.98 Å². The number of rotatable bonds is 8. The molecule has 0 amide bonds. The van der Waals surface area contributed by atoms with Gasteiger partial charge in [-0.05, 0) is 32.2 Å². The average Bonchev–Trinajstić information content (AvgIpc) is 2.93. The Balaban J connectivity index is 2.03. The maximum absolute atomic E-state index is 6.05. The Morgan fingerprint density at radius 3 is 2.71 bits per heavy atom. The van der Waals surface area contributed by atoms with Crippen molar-refractivity contribution in [3.8, 4) is 0 Å². The molecule has 1 atom stereocenters. The molecule has 120 valence electrons. The molecular formula is C17H31N3O. The first-order valence-electron chi connectivity index (χ1n) is 8.46. The van der Waals surface area contributed by atoms with Crippen molar-refractivity contribution < 1.29 is 4.74 Å². The molecule has 0 bridgehead atoms. The highest BCUT2D eigenvalue weighted by Gasteiger charge is 2.39. The monoisotopic (exact) mass is 293 g/mol. The minimum absolute atomic E-state index is 0.0264. The van der Waals surface area contributed by atoms with E-state index in [1.165, 1.54) is 44.3 Å². The van der Waals surface area contributed by atoms with E-state index in [1.54, 1.807) is 0 Å². The van der Waals surface area contributed by atoms with Gasteiger partial charge in [0.25, 0.3) is 0 Å². The van der Waals surface area contributed by atoms with Crippen molar-refractivity contribution in [1.29, 1.82) is 0 Å². The summed E-state index contributed by atoms with van der Waals surface area (Å²) in [5.41, 5.74) is 0.0264. The van der Waals surface area contributed by atoms with Crippen LogP contribution in [0.5, 0.6) is 0 Å². The highest BCUT2D eigenvalue weighted by Crippen LogP contribution is 2.35. The van der Waals surface area contributed by atoms with Crippen molar-refractivity contribution in [1.82, 2.24) is 14.9 Å². The fourth-order valence-corrected chi connectivity index (χ4v) is 3.63. The average molecular weight is 293 g/mol. The molecule has 1 N–H and O–H groups in total. The van der Waals surface area contributed by atoms with Crippen LogP contribution < -0.4 is 5.32 Å². The van der Waals surface area contributed by atoms with Gasteiger partial charge in [0.15, 0.2) is 0 Å².